The minimum absolute atomic E-state index is 0. The summed E-state index contributed by atoms with van der Waals surface area (Å²) in [5.74, 6) is -0.647. The highest BCUT2D eigenvalue weighted by Gasteiger charge is 2.25. The van der Waals surface area contributed by atoms with Gasteiger partial charge in [0, 0.05) is 22.5 Å². The van der Waals surface area contributed by atoms with Crippen molar-refractivity contribution in [3.8, 4) is 28.6 Å². The van der Waals surface area contributed by atoms with Gasteiger partial charge in [0.15, 0.2) is 5.03 Å². The Kier molecular flexibility index (Phi) is 9.23. The van der Waals surface area contributed by atoms with Crippen molar-refractivity contribution in [2.45, 2.75) is 46.2 Å². The number of hydrogen-bond acceptors (Lipinski definition) is 8. The maximum absolute atomic E-state index is 14.6. The van der Waals surface area contributed by atoms with Crippen molar-refractivity contribution in [3.63, 3.8) is 0 Å². The lowest BCUT2D eigenvalue weighted by molar-refractivity contribution is 0.0978. The minimum atomic E-state index is -4.35. The van der Waals surface area contributed by atoms with Crippen molar-refractivity contribution >= 4 is 15.9 Å². The first-order valence-corrected chi connectivity index (χ1v) is 14.8. The summed E-state index contributed by atoms with van der Waals surface area (Å²) in [6.45, 7) is 10.0. The standard InChI is InChI=1S/C31H33FN4O5S.3H2/c1-18(2)17-40-25-14-22(13-23(32)15-25)27-10-9-26(31(35-27)41-29-20(4)11-19(3)12-21(29)5)30(37)36-42(38,39)28-8-6-7-24(16-33)34-28;;;/h6-15,18H,16-17,33H2,1-5H3,(H,36,37);3*1H. The Bertz CT molecular complexity index is 1730. The maximum atomic E-state index is 14.6. The number of benzene rings is 2. The van der Waals surface area contributed by atoms with Crippen molar-refractivity contribution < 1.29 is 31.4 Å². The van der Waals surface area contributed by atoms with Crippen molar-refractivity contribution in [1.29, 1.82) is 0 Å². The molecule has 0 aliphatic rings. The second-order valence-electron chi connectivity index (χ2n) is 10.4. The van der Waals surface area contributed by atoms with Gasteiger partial charge in [-0.2, -0.15) is 8.42 Å². The van der Waals surface area contributed by atoms with Crippen LogP contribution in [0, 0.1) is 32.5 Å². The molecule has 9 nitrogen and oxygen atoms in total. The van der Waals surface area contributed by atoms with Gasteiger partial charge in [0.25, 0.3) is 15.9 Å². The number of aromatic nitrogens is 2. The Morgan fingerprint density at radius 1 is 1.02 bits per heavy atom. The van der Waals surface area contributed by atoms with Gasteiger partial charge in [0.2, 0.25) is 5.88 Å². The second kappa shape index (κ2) is 12.7. The van der Waals surface area contributed by atoms with Gasteiger partial charge in [-0.3, -0.25) is 4.79 Å². The summed E-state index contributed by atoms with van der Waals surface area (Å²) >= 11 is 0. The van der Waals surface area contributed by atoms with Crippen LogP contribution in [0.15, 0.2) is 65.7 Å². The van der Waals surface area contributed by atoms with Crippen LogP contribution in [0.2, 0.25) is 0 Å². The van der Waals surface area contributed by atoms with E-state index in [-0.39, 0.29) is 38.9 Å². The number of carbonyl (C=O) groups is 1. The molecule has 2 aromatic carbocycles. The molecule has 3 N–H and O–H groups in total. The van der Waals surface area contributed by atoms with E-state index in [0.717, 1.165) is 16.7 Å². The Labute approximate surface area is 249 Å². The number of aryl methyl sites for hydroxylation is 3. The first kappa shape index (κ1) is 30.6. The summed E-state index contributed by atoms with van der Waals surface area (Å²) in [5, 5.41) is -0.357. The first-order valence-electron chi connectivity index (χ1n) is 13.3. The molecule has 0 saturated heterocycles. The molecule has 2 aromatic heterocycles. The molecule has 0 atom stereocenters. The quantitative estimate of drug-likeness (QED) is 0.216. The molecule has 0 aliphatic heterocycles. The molecule has 0 radical (unpaired) electrons. The van der Waals surface area contributed by atoms with Crippen LogP contribution in [0.25, 0.3) is 11.3 Å². The molecule has 42 heavy (non-hydrogen) atoms. The summed E-state index contributed by atoms with van der Waals surface area (Å²) in [6, 6.07) is 15.2. The lowest BCUT2D eigenvalue weighted by atomic mass is 10.1. The van der Waals surface area contributed by atoms with E-state index in [0.29, 0.717) is 29.4 Å². The third-order valence-corrected chi connectivity index (χ3v) is 7.38. The van der Waals surface area contributed by atoms with Crippen molar-refractivity contribution in [3.05, 3.63) is 94.4 Å². The number of rotatable bonds is 10. The Balaban J connectivity index is 0.00000337. The van der Waals surface area contributed by atoms with Crippen molar-refractivity contribution in [2.75, 3.05) is 6.61 Å². The number of hydrogen-bond donors (Lipinski definition) is 2. The van der Waals surface area contributed by atoms with Crippen LogP contribution in [-0.2, 0) is 16.6 Å². The molecular formula is C31H39FN4O5S. The van der Waals surface area contributed by atoms with Gasteiger partial charge in [0.05, 0.1) is 18.0 Å². The van der Waals surface area contributed by atoms with Crippen LogP contribution in [-0.4, -0.2) is 30.9 Å². The number of halogens is 1. The normalized spacial score (nSPS) is 11.4. The van der Waals surface area contributed by atoms with E-state index in [4.69, 9.17) is 15.2 Å². The first-order chi connectivity index (χ1) is 19.9. The monoisotopic (exact) mass is 598 g/mol. The van der Waals surface area contributed by atoms with Gasteiger partial charge in [-0.15, -0.1) is 0 Å². The van der Waals surface area contributed by atoms with Gasteiger partial charge in [-0.25, -0.2) is 19.1 Å². The largest absolute Gasteiger partial charge is 0.493 e. The van der Waals surface area contributed by atoms with Gasteiger partial charge >= 0.3 is 0 Å². The molecule has 0 spiro atoms. The van der Waals surface area contributed by atoms with E-state index in [1.165, 1.54) is 36.4 Å². The SMILES string of the molecule is Cc1cc(C)c(Oc2nc(-c3cc(F)cc(OCC(C)C)c3)ccc2C(=O)NS(=O)(=O)c2cccc(CN)n2)c(C)c1.[HH].[HH].[HH]. The third-order valence-electron chi connectivity index (χ3n) is 6.15. The van der Waals surface area contributed by atoms with Crippen LogP contribution < -0.4 is 19.9 Å². The zero-order valence-electron chi connectivity index (χ0n) is 24.1. The van der Waals surface area contributed by atoms with Gasteiger partial charge < -0.3 is 15.2 Å². The van der Waals surface area contributed by atoms with E-state index in [2.05, 4.69) is 9.97 Å². The van der Waals surface area contributed by atoms with E-state index >= 15 is 0 Å². The fourth-order valence-corrected chi connectivity index (χ4v) is 5.24. The molecule has 4 aromatic rings. The molecule has 0 saturated carbocycles. The number of ether oxygens (including phenoxy) is 2. The highest BCUT2D eigenvalue weighted by atomic mass is 32.2. The smallest absolute Gasteiger partial charge is 0.281 e. The predicted octanol–water partition coefficient (Wildman–Crippen LogP) is 6.35. The molecule has 1 amide bonds. The molecule has 0 aliphatic carbocycles. The Morgan fingerprint density at radius 2 is 1.74 bits per heavy atom. The maximum Gasteiger partial charge on any atom is 0.281 e. The van der Waals surface area contributed by atoms with Crippen molar-refractivity contribution in [1.82, 2.24) is 14.7 Å². The summed E-state index contributed by atoms with van der Waals surface area (Å²) in [6.07, 6.45) is 0. The van der Waals surface area contributed by atoms with Crippen LogP contribution in [0.3, 0.4) is 0 Å². The van der Waals surface area contributed by atoms with Gasteiger partial charge in [-0.1, -0.05) is 37.6 Å². The molecule has 11 heteroatoms. The predicted molar refractivity (Wildman–Crippen MR) is 164 cm³/mol. The number of carbonyl (C=O) groups excluding carboxylic acids is 1. The van der Waals surface area contributed by atoms with Crippen LogP contribution in [0.5, 0.6) is 17.4 Å². The second-order valence-corrected chi connectivity index (χ2v) is 12.0. The highest BCUT2D eigenvalue weighted by Crippen LogP contribution is 2.33. The van der Waals surface area contributed by atoms with Gasteiger partial charge in [-0.05, 0) is 74.2 Å². The lowest BCUT2D eigenvalue weighted by Gasteiger charge is -2.16. The fourth-order valence-electron chi connectivity index (χ4n) is 4.28. The van der Waals surface area contributed by atoms with Gasteiger partial charge in [0.1, 0.15) is 22.9 Å². The Morgan fingerprint density at radius 3 is 2.40 bits per heavy atom. The third kappa shape index (κ3) is 7.29. The summed E-state index contributed by atoms with van der Waals surface area (Å²) in [5.41, 5.74) is 9.06. The molecular weight excluding hydrogens is 559 g/mol. The van der Waals surface area contributed by atoms with E-state index < -0.39 is 21.7 Å². The summed E-state index contributed by atoms with van der Waals surface area (Å²) in [4.78, 5) is 21.9. The number of sulfonamides is 1. The molecule has 4 rings (SSSR count). The van der Waals surface area contributed by atoms with E-state index in [9.17, 15) is 17.6 Å². The molecule has 2 heterocycles. The average Bonchev–Trinajstić information content (AvgIpc) is 2.93. The molecule has 0 fully saturated rings. The number of pyridine rings is 2. The van der Waals surface area contributed by atoms with E-state index in [1.807, 2.05) is 51.5 Å². The van der Waals surface area contributed by atoms with E-state index in [1.54, 1.807) is 12.1 Å². The zero-order chi connectivity index (χ0) is 30.6. The number of nitrogens with one attached hydrogen (secondary N) is 1. The van der Waals surface area contributed by atoms with Crippen LogP contribution in [0.4, 0.5) is 4.39 Å². The number of amides is 1. The average molecular weight is 599 g/mol. The van der Waals surface area contributed by atoms with Crippen LogP contribution >= 0.6 is 0 Å². The van der Waals surface area contributed by atoms with Crippen molar-refractivity contribution in [2.24, 2.45) is 11.7 Å². The number of nitrogens with two attached hydrogens (primary N) is 1. The summed E-state index contributed by atoms with van der Waals surface area (Å²) in [7, 11) is -4.35. The number of nitrogens with zero attached hydrogens (tertiary/aromatic N) is 2. The summed E-state index contributed by atoms with van der Waals surface area (Å²) < 4.78 is 54.5. The van der Waals surface area contributed by atoms with Crippen LogP contribution in [0.1, 0.15) is 50.9 Å². The zero-order valence-corrected chi connectivity index (χ0v) is 24.9. The minimum Gasteiger partial charge on any atom is -0.493 e. The molecule has 0 bridgehead atoms. The fraction of sp³-hybridized carbons (Fsp3) is 0.258. The topological polar surface area (TPSA) is 134 Å². The molecule has 226 valence electrons. The highest BCUT2D eigenvalue weighted by molar-refractivity contribution is 7.90. The Hall–Kier alpha value is -4.35. The molecule has 0 unspecified atom stereocenters. The lowest BCUT2D eigenvalue weighted by Crippen LogP contribution is -2.31.